The second-order valence-electron chi connectivity index (χ2n) is 8.59. The second kappa shape index (κ2) is 7.77. The molecule has 0 bridgehead atoms. The summed E-state index contributed by atoms with van der Waals surface area (Å²) in [7, 11) is 0. The van der Waals surface area contributed by atoms with E-state index in [1.807, 2.05) is 18.2 Å². The molecule has 1 aliphatic heterocycles. The first-order valence-corrected chi connectivity index (χ1v) is 10.8. The Morgan fingerprint density at radius 3 is 2.61 bits per heavy atom. The lowest BCUT2D eigenvalue weighted by Gasteiger charge is -2.18. The Morgan fingerprint density at radius 2 is 1.84 bits per heavy atom. The van der Waals surface area contributed by atoms with Crippen molar-refractivity contribution in [1.29, 1.82) is 0 Å². The van der Waals surface area contributed by atoms with E-state index < -0.39 is 5.97 Å². The van der Waals surface area contributed by atoms with Crippen LogP contribution in [-0.4, -0.2) is 17.7 Å². The molecule has 0 saturated heterocycles. The van der Waals surface area contributed by atoms with Gasteiger partial charge in [0.25, 0.3) is 0 Å². The van der Waals surface area contributed by atoms with Crippen LogP contribution in [0.4, 0.5) is 0 Å². The predicted molar refractivity (Wildman–Crippen MR) is 120 cm³/mol. The Labute approximate surface area is 182 Å². The average molecular weight is 415 g/mol. The number of benzene rings is 3. The summed E-state index contributed by atoms with van der Waals surface area (Å²) in [5, 5.41) is 9.10. The maximum absolute atomic E-state index is 11.1. The van der Waals surface area contributed by atoms with Gasteiger partial charge in [0, 0.05) is 17.5 Å². The molecule has 1 N–H and O–H groups in total. The second-order valence-corrected chi connectivity index (χ2v) is 8.59. The van der Waals surface area contributed by atoms with Gasteiger partial charge in [-0.3, -0.25) is 4.79 Å². The molecule has 1 heterocycles. The molecule has 31 heavy (non-hydrogen) atoms. The quantitative estimate of drug-likeness (QED) is 0.557. The highest BCUT2D eigenvalue weighted by Gasteiger charge is 2.29. The van der Waals surface area contributed by atoms with Crippen molar-refractivity contribution in [2.75, 3.05) is 6.61 Å². The SMILES string of the molecule is Cc1cccc(C)c1-c1cccc2c1CCC2Oc1ccc2c(c1)OCC2CC(=O)O. The molecule has 4 nitrogen and oxygen atoms in total. The van der Waals surface area contributed by atoms with Gasteiger partial charge in [-0.2, -0.15) is 0 Å². The molecule has 3 aromatic rings. The average Bonchev–Trinajstić information content (AvgIpc) is 3.32. The summed E-state index contributed by atoms with van der Waals surface area (Å²) < 4.78 is 12.1. The number of fused-ring (bicyclic) bond motifs is 2. The molecule has 5 rings (SSSR count). The third kappa shape index (κ3) is 3.56. The van der Waals surface area contributed by atoms with Gasteiger partial charge in [0.15, 0.2) is 0 Å². The van der Waals surface area contributed by atoms with Crippen molar-refractivity contribution in [2.24, 2.45) is 0 Å². The van der Waals surface area contributed by atoms with E-state index in [2.05, 4.69) is 50.2 Å². The number of carboxylic acids is 1. The van der Waals surface area contributed by atoms with Crippen LogP contribution in [0.25, 0.3) is 11.1 Å². The van der Waals surface area contributed by atoms with Crippen LogP contribution in [0.5, 0.6) is 11.5 Å². The third-order valence-electron chi connectivity index (χ3n) is 6.53. The summed E-state index contributed by atoms with van der Waals surface area (Å²) in [6.45, 7) is 4.76. The van der Waals surface area contributed by atoms with Crippen molar-refractivity contribution in [2.45, 2.75) is 45.1 Å². The standard InChI is InChI=1S/C27H26O4/c1-16-5-3-6-17(2)27(16)23-8-4-7-22-21(23)11-12-24(22)31-19-9-10-20-18(13-26(28)29)15-30-25(20)14-19/h3-10,14,18,24H,11-13,15H2,1-2H3,(H,28,29). The fraction of sp³-hybridized carbons (Fsp3) is 0.296. The van der Waals surface area contributed by atoms with E-state index >= 15 is 0 Å². The Bertz CT molecular complexity index is 1140. The monoisotopic (exact) mass is 414 g/mol. The molecule has 2 atom stereocenters. The van der Waals surface area contributed by atoms with Gasteiger partial charge in [-0.25, -0.2) is 0 Å². The third-order valence-corrected chi connectivity index (χ3v) is 6.53. The molecule has 3 aromatic carbocycles. The van der Waals surface area contributed by atoms with Crippen LogP contribution in [0, 0.1) is 13.8 Å². The van der Waals surface area contributed by atoms with Crippen molar-refractivity contribution in [3.63, 3.8) is 0 Å². The normalized spacial score (nSPS) is 18.9. The van der Waals surface area contributed by atoms with Gasteiger partial charge in [-0.15, -0.1) is 0 Å². The van der Waals surface area contributed by atoms with Crippen LogP contribution < -0.4 is 9.47 Å². The number of ether oxygens (including phenoxy) is 2. The van der Waals surface area contributed by atoms with Crippen molar-refractivity contribution in [1.82, 2.24) is 0 Å². The van der Waals surface area contributed by atoms with Gasteiger partial charge in [-0.1, -0.05) is 42.5 Å². The minimum Gasteiger partial charge on any atom is -0.492 e. The van der Waals surface area contributed by atoms with E-state index in [0.29, 0.717) is 6.61 Å². The Balaban J connectivity index is 1.42. The topological polar surface area (TPSA) is 55.8 Å². The molecule has 0 spiro atoms. The van der Waals surface area contributed by atoms with E-state index in [1.165, 1.54) is 33.4 Å². The van der Waals surface area contributed by atoms with Gasteiger partial charge >= 0.3 is 5.97 Å². The van der Waals surface area contributed by atoms with Crippen LogP contribution in [-0.2, 0) is 11.2 Å². The van der Waals surface area contributed by atoms with E-state index in [0.717, 1.165) is 29.9 Å². The van der Waals surface area contributed by atoms with Crippen molar-refractivity contribution < 1.29 is 19.4 Å². The molecule has 0 aromatic heterocycles. The Kier molecular flexibility index (Phi) is 4.93. The zero-order valence-corrected chi connectivity index (χ0v) is 17.9. The molecule has 2 unspecified atom stereocenters. The lowest BCUT2D eigenvalue weighted by Crippen LogP contribution is -2.07. The number of carbonyl (C=O) groups is 1. The number of aryl methyl sites for hydroxylation is 2. The van der Waals surface area contributed by atoms with Gasteiger partial charge in [0.1, 0.15) is 17.6 Å². The lowest BCUT2D eigenvalue weighted by atomic mass is 9.91. The molecule has 0 saturated carbocycles. The van der Waals surface area contributed by atoms with Crippen molar-refractivity contribution >= 4 is 5.97 Å². The highest BCUT2D eigenvalue weighted by molar-refractivity contribution is 5.75. The minimum absolute atomic E-state index is 0.00791. The molecule has 2 aliphatic rings. The van der Waals surface area contributed by atoms with E-state index in [9.17, 15) is 4.79 Å². The zero-order valence-electron chi connectivity index (χ0n) is 17.9. The summed E-state index contributed by atoms with van der Waals surface area (Å²) in [6.07, 6.45) is 2.03. The van der Waals surface area contributed by atoms with Gasteiger partial charge < -0.3 is 14.6 Å². The minimum atomic E-state index is -0.802. The first-order valence-electron chi connectivity index (χ1n) is 10.8. The molecule has 0 radical (unpaired) electrons. The number of hydrogen-bond donors (Lipinski definition) is 1. The summed E-state index contributed by atoms with van der Waals surface area (Å²) in [4.78, 5) is 11.1. The molecule has 158 valence electrons. The van der Waals surface area contributed by atoms with E-state index in [1.54, 1.807) is 0 Å². The number of hydrogen-bond acceptors (Lipinski definition) is 3. The maximum Gasteiger partial charge on any atom is 0.304 e. The summed E-state index contributed by atoms with van der Waals surface area (Å²) >= 11 is 0. The molecular formula is C27H26O4. The number of carboxylic acid groups (broad SMARTS) is 1. The van der Waals surface area contributed by atoms with Crippen LogP contribution in [0.2, 0.25) is 0 Å². The predicted octanol–water partition coefficient (Wildman–Crippen LogP) is 5.99. The Morgan fingerprint density at radius 1 is 1.06 bits per heavy atom. The van der Waals surface area contributed by atoms with Gasteiger partial charge in [0.05, 0.1) is 13.0 Å². The molecular weight excluding hydrogens is 388 g/mol. The molecule has 1 aliphatic carbocycles. The molecule has 0 fully saturated rings. The first-order chi connectivity index (χ1) is 15.0. The first kappa shape index (κ1) is 19.7. The maximum atomic E-state index is 11.1. The smallest absolute Gasteiger partial charge is 0.304 e. The molecule has 4 heteroatoms. The Hall–Kier alpha value is -3.27. The fourth-order valence-corrected chi connectivity index (χ4v) is 5.09. The van der Waals surface area contributed by atoms with E-state index in [-0.39, 0.29) is 18.4 Å². The highest BCUT2D eigenvalue weighted by atomic mass is 16.5. The van der Waals surface area contributed by atoms with Gasteiger partial charge in [-0.05, 0) is 66.1 Å². The van der Waals surface area contributed by atoms with Gasteiger partial charge in [0.2, 0.25) is 0 Å². The summed E-state index contributed by atoms with van der Waals surface area (Å²) in [6, 6.07) is 18.8. The number of aliphatic carboxylic acids is 1. The molecule has 0 amide bonds. The van der Waals surface area contributed by atoms with E-state index in [4.69, 9.17) is 14.6 Å². The lowest BCUT2D eigenvalue weighted by molar-refractivity contribution is -0.137. The highest BCUT2D eigenvalue weighted by Crippen LogP contribution is 2.43. The summed E-state index contributed by atoms with van der Waals surface area (Å²) in [5.74, 6) is 0.619. The van der Waals surface area contributed by atoms with Crippen LogP contribution >= 0.6 is 0 Å². The zero-order chi connectivity index (χ0) is 21.5. The summed E-state index contributed by atoms with van der Waals surface area (Å²) in [5.41, 5.74) is 8.82. The fourth-order valence-electron chi connectivity index (χ4n) is 5.09. The van der Waals surface area contributed by atoms with Crippen molar-refractivity contribution in [3.05, 3.63) is 82.4 Å². The largest absolute Gasteiger partial charge is 0.492 e. The van der Waals surface area contributed by atoms with Crippen LogP contribution in [0.3, 0.4) is 0 Å². The van der Waals surface area contributed by atoms with Crippen LogP contribution in [0.1, 0.15) is 52.7 Å². The van der Waals surface area contributed by atoms with Crippen molar-refractivity contribution in [3.8, 4) is 22.6 Å². The van der Waals surface area contributed by atoms with Crippen LogP contribution in [0.15, 0.2) is 54.6 Å². The number of rotatable bonds is 5.